The summed E-state index contributed by atoms with van der Waals surface area (Å²) in [4.78, 5) is 21.0. The number of nitro benzene ring substituents is 1. The fourth-order valence-electron chi connectivity index (χ4n) is 2.03. The minimum atomic E-state index is -1.40. The van der Waals surface area contributed by atoms with Crippen LogP contribution in [0.1, 0.15) is 38.1 Å². The van der Waals surface area contributed by atoms with Gasteiger partial charge in [-0.3, -0.25) is 10.1 Å². The van der Waals surface area contributed by atoms with E-state index in [0.29, 0.717) is 6.07 Å². The number of halogens is 1. The highest BCUT2D eigenvalue weighted by Gasteiger charge is 2.53. The van der Waals surface area contributed by atoms with Crippen molar-refractivity contribution in [2.75, 3.05) is 0 Å². The molecule has 1 saturated heterocycles. The number of rotatable bonds is 3. The average molecular weight is 311 g/mol. The summed E-state index contributed by atoms with van der Waals surface area (Å²) < 4.78 is 25.6. The van der Waals surface area contributed by atoms with E-state index in [1.165, 1.54) is 0 Å². The summed E-state index contributed by atoms with van der Waals surface area (Å²) in [5.41, 5.74) is -3.19. The van der Waals surface area contributed by atoms with Gasteiger partial charge < -0.3 is 14.4 Å². The Hall–Kier alpha value is -2.00. The van der Waals surface area contributed by atoms with Crippen molar-refractivity contribution < 1.29 is 28.5 Å². The zero-order valence-electron chi connectivity index (χ0n) is 12.5. The molecule has 0 radical (unpaired) electrons. The first-order chi connectivity index (χ1) is 9.96. The van der Waals surface area contributed by atoms with Crippen molar-refractivity contribution in [3.63, 3.8) is 0 Å². The highest BCUT2D eigenvalue weighted by molar-refractivity contribution is 6.62. The van der Waals surface area contributed by atoms with Gasteiger partial charge in [0, 0.05) is 11.5 Å². The Morgan fingerprint density at radius 3 is 2.18 bits per heavy atom. The monoisotopic (exact) mass is 311 g/mol. The smallest absolute Gasteiger partial charge is 0.478 e. The van der Waals surface area contributed by atoms with E-state index in [2.05, 4.69) is 0 Å². The van der Waals surface area contributed by atoms with Crippen LogP contribution in [0.25, 0.3) is 0 Å². The molecule has 2 rings (SSSR count). The van der Waals surface area contributed by atoms with Crippen LogP contribution in [0.15, 0.2) is 12.1 Å². The Kier molecular flexibility index (Phi) is 3.74. The number of nitro groups is 1. The van der Waals surface area contributed by atoms with Crippen molar-refractivity contribution in [1.82, 2.24) is 0 Å². The average Bonchev–Trinajstić information content (AvgIpc) is 2.57. The number of carboxylic acids is 1. The fraction of sp³-hybridized carbons (Fsp3) is 0.462. The molecular formula is C13H15BFNO6. The van der Waals surface area contributed by atoms with Crippen LogP contribution < -0.4 is 5.46 Å². The molecule has 0 saturated carbocycles. The second-order valence-corrected chi connectivity index (χ2v) is 6.05. The van der Waals surface area contributed by atoms with Crippen molar-refractivity contribution in [3.05, 3.63) is 33.6 Å². The van der Waals surface area contributed by atoms with Gasteiger partial charge in [-0.1, -0.05) is 0 Å². The molecule has 0 spiro atoms. The lowest BCUT2D eigenvalue weighted by atomic mass is 9.77. The third kappa shape index (κ3) is 2.57. The van der Waals surface area contributed by atoms with Gasteiger partial charge in [-0.25, -0.2) is 4.79 Å². The lowest BCUT2D eigenvalue weighted by Crippen LogP contribution is -2.41. The Morgan fingerprint density at radius 1 is 1.27 bits per heavy atom. The topological polar surface area (TPSA) is 98.9 Å². The summed E-state index contributed by atoms with van der Waals surface area (Å²) in [6.45, 7) is 6.95. The highest BCUT2D eigenvalue weighted by Crippen LogP contribution is 2.37. The van der Waals surface area contributed by atoms with E-state index in [1.54, 1.807) is 27.7 Å². The van der Waals surface area contributed by atoms with Crippen LogP contribution in [-0.4, -0.2) is 34.3 Å². The molecule has 7 nitrogen and oxygen atoms in total. The molecule has 9 heteroatoms. The predicted octanol–water partition coefficient (Wildman–Crippen LogP) is 1.73. The van der Waals surface area contributed by atoms with Crippen molar-refractivity contribution in [2.24, 2.45) is 0 Å². The van der Waals surface area contributed by atoms with E-state index in [9.17, 15) is 19.3 Å². The maximum Gasteiger partial charge on any atom is 0.498 e. The van der Waals surface area contributed by atoms with Crippen LogP contribution in [0.4, 0.5) is 10.1 Å². The number of nitrogens with zero attached hydrogens (tertiary/aromatic N) is 1. The second-order valence-electron chi connectivity index (χ2n) is 6.05. The van der Waals surface area contributed by atoms with Crippen LogP contribution >= 0.6 is 0 Å². The minimum Gasteiger partial charge on any atom is -0.478 e. The molecule has 1 N–H and O–H groups in total. The molecule has 0 aliphatic carbocycles. The highest BCUT2D eigenvalue weighted by atomic mass is 19.1. The Labute approximate surface area is 126 Å². The van der Waals surface area contributed by atoms with Crippen molar-refractivity contribution in [1.29, 1.82) is 0 Å². The van der Waals surface area contributed by atoms with E-state index in [1.807, 2.05) is 0 Å². The van der Waals surface area contributed by atoms with E-state index in [4.69, 9.17) is 14.4 Å². The van der Waals surface area contributed by atoms with Gasteiger partial charge in [0.15, 0.2) is 5.82 Å². The first-order valence-electron chi connectivity index (χ1n) is 6.53. The van der Waals surface area contributed by atoms with Gasteiger partial charge in [-0.05, 0) is 33.8 Å². The van der Waals surface area contributed by atoms with Crippen molar-refractivity contribution in [3.8, 4) is 0 Å². The summed E-state index contributed by atoms with van der Waals surface area (Å²) in [6, 6.07) is 1.67. The van der Waals surface area contributed by atoms with Crippen molar-refractivity contribution >= 4 is 24.2 Å². The molecule has 118 valence electrons. The molecule has 1 aromatic carbocycles. The fourth-order valence-corrected chi connectivity index (χ4v) is 2.03. The van der Waals surface area contributed by atoms with Crippen LogP contribution in [0, 0.1) is 15.9 Å². The van der Waals surface area contributed by atoms with Gasteiger partial charge in [-0.2, -0.15) is 4.39 Å². The lowest BCUT2D eigenvalue weighted by Gasteiger charge is -2.32. The molecule has 0 aromatic heterocycles. The molecule has 1 aromatic rings. The summed E-state index contributed by atoms with van der Waals surface area (Å²) in [6.07, 6.45) is 0. The second kappa shape index (κ2) is 5.03. The molecule has 0 atom stereocenters. The number of benzene rings is 1. The van der Waals surface area contributed by atoms with E-state index >= 15 is 0 Å². The molecule has 1 fully saturated rings. The normalized spacial score (nSPS) is 19.2. The van der Waals surface area contributed by atoms with E-state index in [-0.39, 0.29) is 5.46 Å². The molecule has 0 amide bonds. The molecule has 0 unspecified atom stereocenters. The summed E-state index contributed by atoms with van der Waals surface area (Å²) >= 11 is 0. The standard InChI is InChI=1S/C13H15BFNO6/c1-12(2)13(3,4)22-14(21-12)8-5-7(11(17)18)6-9(10(8)15)16(19)20/h5-6H,1-4H3,(H,17,18). The van der Waals surface area contributed by atoms with E-state index in [0.717, 1.165) is 6.07 Å². The number of hydrogen-bond donors (Lipinski definition) is 1. The minimum absolute atomic E-state index is 0.301. The van der Waals surface area contributed by atoms with Crippen LogP contribution in [0.5, 0.6) is 0 Å². The Bertz CT molecular complexity index is 644. The summed E-state index contributed by atoms with van der Waals surface area (Å²) in [5, 5.41) is 19.9. The number of aromatic carboxylic acids is 1. The van der Waals surface area contributed by atoms with E-state index < -0.39 is 46.3 Å². The summed E-state index contributed by atoms with van der Waals surface area (Å²) in [5.74, 6) is -2.56. The van der Waals surface area contributed by atoms with Crippen LogP contribution in [0.3, 0.4) is 0 Å². The largest absolute Gasteiger partial charge is 0.498 e. The number of carbonyl (C=O) groups is 1. The predicted molar refractivity (Wildman–Crippen MR) is 75.7 cm³/mol. The Balaban J connectivity index is 2.57. The van der Waals surface area contributed by atoms with Gasteiger partial charge >= 0.3 is 18.8 Å². The molecule has 1 aliphatic heterocycles. The van der Waals surface area contributed by atoms with Gasteiger partial charge in [0.2, 0.25) is 0 Å². The lowest BCUT2D eigenvalue weighted by molar-refractivity contribution is -0.387. The molecule has 1 aliphatic rings. The maximum atomic E-state index is 14.3. The Morgan fingerprint density at radius 2 is 1.77 bits per heavy atom. The zero-order chi connectivity index (χ0) is 16.9. The first kappa shape index (κ1) is 16.4. The van der Waals surface area contributed by atoms with Gasteiger partial charge in [0.1, 0.15) is 0 Å². The van der Waals surface area contributed by atoms with Gasteiger partial charge in [0.05, 0.1) is 21.7 Å². The SMILES string of the molecule is CC1(C)OB(c2cc(C(=O)O)cc([N+](=O)[O-])c2F)OC1(C)C. The number of hydrogen-bond acceptors (Lipinski definition) is 5. The van der Waals surface area contributed by atoms with Gasteiger partial charge in [-0.15, -0.1) is 0 Å². The first-order valence-corrected chi connectivity index (χ1v) is 6.53. The number of carboxylic acid groups (broad SMARTS) is 1. The molecule has 22 heavy (non-hydrogen) atoms. The molecule has 1 heterocycles. The maximum absolute atomic E-state index is 14.3. The third-order valence-electron chi connectivity index (χ3n) is 4.03. The van der Waals surface area contributed by atoms with Crippen LogP contribution in [-0.2, 0) is 9.31 Å². The quantitative estimate of drug-likeness (QED) is 0.518. The van der Waals surface area contributed by atoms with Gasteiger partial charge in [0.25, 0.3) is 0 Å². The summed E-state index contributed by atoms with van der Waals surface area (Å²) in [7, 11) is -1.22. The molecular weight excluding hydrogens is 296 g/mol. The third-order valence-corrected chi connectivity index (χ3v) is 4.03. The zero-order valence-corrected chi connectivity index (χ0v) is 12.5. The van der Waals surface area contributed by atoms with Crippen molar-refractivity contribution in [2.45, 2.75) is 38.9 Å². The van der Waals surface area contributed by atoms with Crippen LogP contribution in [0.2, 0.25) is 0 Å². The molecule has 0 bridgehead atoms.